The average Bonchev–Trinajstić information content (AvgIpc) is 2.64. The first-order chi connectivity index (χ1) is 9.47. The van der Waals surface area contributed by atoms with Gasteiger partial charge in [0.05, 0.1) is 16.1 Å². The van der Waals surface area contributed by atoms with Crippen LogP contribution < -0.4 is 0 Å². The van der Waals surface area contributed by atoms with E-state index in [-0.39, 0.29) is 15.5 Å². The lowest BCUT2D eigenvalue weighted by molar-refractivity contribution is 0.578. The maximum absolute atomic E-state index is 14.0. The molecule has 0 radical (unpaired) electrons. The van der Waals surface area contributed by atoms with Crippen LogP contribution in [0.15, 0.2) is 30.3 Å². The Bertz CT molecular complexity index is 862. The van der Waals surface area contributed by atoms with E-state index in [0.29, 0.717) is 17.1 Å². The van der Waals surface area contributed by atoms with E-state index in [0.717, 1.165) is 6.07 Å². The number of nitrogens with zero attached hydrogens (tertiary/aromatic N) is 1. The number of imidazole rings is 1. The molecule has 0 saturated carbocycles. The zero-order valence-electron chi connectivity index (χ0n) is 9.75. The molecule has 0 amide bonds. The molecule has 7 heteroatoms. The molecule has 0 unspecified atom stereocenters. The van der Waals surface area contributed by atoms with E-state index in [2.05, 4.69) is 4.98 Å². The molecular weight excluding hydrogens is 309 g/mol. The first-order valence-electron chi connectivity index (χ1n) is 5.52. The molecule has 0 aliphatic rings. The molecule has 1 aromatic heterocycles. The fraction of sp³-hybridized carbons (Fsp3) is 0. The van der Waals surface area contributed by atoms with Crippen LogP contribution in [0.25, 0.3) is 16.7 Å². The Labute approximate surface area is 121 Å². The second kappa shape index (κ2) is 4.64. The van der Waals surface area contributed by atoms with Crippen LogP contribution in [0.5, 0.6) is 0 Å². The van der Waals surface area contributed by atoms with E-state index in [4.69, 9.17) is 23.8 Å². The van der Waals surface area contributed by atoms with Crippen LogP contribution in [0.3, 0.4) is 0 Å². The Kier molecular flexibility index (Phi) is 3.07. The van der Waals surface area contributed by atoms with Crippen molar-refractivity contribution < 1.29 is 13.2 Å². The van der Waals surface area contributed by atoms with E-state index >= 15 is 0 Å². The number of nitrogens with one attached hydrogen (secondary N) is 1. The van der Waals surface area contributed by atoms with Crippen molar-refractivity contribution in [1.29, 1.82) is 0 Å². The number of aromatic amines is 1. The molecule has 3 aromatic rings. The van der Waals surface area contributed by atoms with E-state index in [1.165, 1.54) is 22.8 Å². The molecule has 0 bridgehead atoms. The summed E-state index contributed by atoms with van der Waals surface area (Å²) in [4.78, 5) is 2.75. The second-order valence-electron chi connectivity index (χ2n) is 4.15. The predicted molar refractivity (Wildman–Crippen MR) is 73.3 cm³/mol. The molecule has 102 valence electrons. The van der Waals surface area contributed by atoms with Gasteiger partial charge in [0.2, 0.25) is 0 Å². The van der Waals surface area contributed by atoms with Crippen molar-refractivity contribution in [3.63, 3.8) is 0 Å². The van der Waals surface area contributed by atoms with Crippen LogP contribution >= 0.6 is 23.8 Å². The van der Waals surface area contributed by atoms with Crippen molar-refractivity contribution >= 4 is 34.9 Å². The van der Waals surface area contributed by atoms with Gasteiger partial charge in [-0.1, -0.05) is 11.6 Å². The molecule has 2 nitrogen and oxygen atoms in total. The van der Waals surface area contributed by atoms with E-state index in [9.17, 15) is 13.2 Å². The summed E-state index contributed by atoms with van der Waals surface area (Å²) >= 11 is 11.0. The van der Waals surface area contributed by atoms with Gasteiger partial charge in [-0.2, -0.15) is 0 Å². The van der Waals surface area contributed by atoms with Gasteiger partial charge in [-0.15, -0.1) is 0 Å². The van der Waals surface area contributed by atoms with Gasteiger partial charge in [-0.25, -0.2) is 13.2 Å². The van der Waals surface area contributed by atoms with Crippen LogP contribution in [-0.4, -0.2) is 9.55 Å². The third-order valence-electron chi connectivity index (χ3n) is 2.85. The quantitative estimate of drug-likeness (QED) is 0.642. The molecule has 0 fully saturated rings. The molecule has 3 rings (SSSR count). The van der Waals surface area contributed by atoms with Crippen LogP contribution in [0.4, 0.5) is 13.2 Å². The normalized spacial score (nSPS) is 11.2. The summed E-state index contributed by atoms with van der Waals surface area (Å²) in [5, 5.41) is -0.121. The standard InChI is InChI=1S/C13H6ClF3N2S/c14-8-3-7(16)4-9(17)12(8)19-11-2-1-6(15)5-10(11)18-13(19)20/h1-5H,(H,18,20). The summed E-state index contributed by atoms with van der Waals surface area (Å²) in [6.07, 6.45) is 0. The smallest absolute Gasteiger partial charge is 0.182 e. The van der Waals surface area contributed by atoms with Crippen molar-refractivity contribution in [2.75, 3.05) is 0 Å². The topological polar surface area (TPSA) is 20.7 Å². The summed E-state index contributed by atoms with van der Waals surface area (Å²) in [6.45, 7) is 0. The number of hydrogen-bond acceptors (Lipinski definition) is 1. The van der Waals surface area contributed by atoms with E-state index in [1.54, 1.807) is 0 Å². The largest absolute Gasteiger partial charge is 0.330 e. The molecule has 0 atom stereocenters. The monoisotopic (exact) mass is 314 g/mol. The summed E-state index contributed by atoms with van der Waals surface area (Å²) in [7, 11) is 0. The average molecular weight is 315 g/mol. The molecule has 0 saturated heterocycles. The summed E-state index contributed by atoms with van der Waals surface area (Å²) < 4.78 is 41.7. The zero-order valence-corrected chi connectivity index (χ0v) is 11.3. The highest BCUT2D eigenvalue weighted by Gasteiger charge is 2.16. The summed E-state index contributed by atoms with van der Waals surface area (Å²) in [5.74, 6) is -2.09. The minimum atomic E-state index is -0.851. The van der Waals surface area contributed by atoms with Gasteiger partial charge in [-0.3, -0.25) is 4.57 Å². The number of rotatable bonds is 1. The molecule has 2 aromatic carbocycles. The number of hydrogen-bond donors (Lipinski definition) is 1. The van der Waals surface area contributed by atoms with Crippen LogP contribution in [0, 0.1) is 22.2 Å². The molecular formula is C13H6ClF3N2S. The fourth-order valence-electron chi connectivity index (χ4n) is 2.05. The van der Waals surface area contributed by atoms with Crippen LogP contribution in [0.2, 0.25) is 5.02 Å². The SMILES string of the molecule is Fc1cc(F)c(-n2c(=S)[nH]c3cc(F)ccc32)c(Cl)c1. The highest BCUT2D eigenvalue weighted by Crippen LogP contribution is 2.29. The van der Waals surface area contributed by atoms with Gasteiger partial charge >= 0.3 is 0 Å². The van der Waals surface area contributed by atoms with Gasteiger partial charge in [0.1, 0.15) is 17.3 Å². The lowest BCUT2D eigenvalue weighted by atomic mass is 10.2. The Morgan fingerprint density at radius 2 is 1.80 bits per heavy atom. The number of fused-ring (bicyclic) bond motifs is 1. The second-order valence-corrected chi connectivity index (χ2v) is 4.94. The Hall–Kier alpha value is -1.79. The molecule has 1 heterocycles. The number of benzene rings is 2. The van der Waals surface area contributed by atoms with Gasteiger partial charge in [0.25, 0.3) is 0 Å². The number of halogens is 4. The van der Waals surface area contributed by atoms with Crippen LogP contribution in [-0.2, 0) is 0 Å². The highest BCUT2D eigenvalue weighted by molar-refractivity contribution is 7.71. The Balaban J connectivity index is 2.41. The third kappa shape index (κ3) is 2.01. The summed E-state index contributed by atoms with van der Waals surface area (Å²) in [5.41, 5.74) is 0.773. The van der Waals surface area contributed by atoms with Crippen molar-refractivity contribution in [2.24, 2.45) is 0 Å². The van der Waals surface area contributed by atoms with E-state index in [1.807, 2.05) is 0 Å². The molecule has 0 aliphatic heterocycles. The first-order valence-corrected chi connectivity index (χ1v) is 6.31. The lowest BCUT2D eigenvalue weighted by Crippen LogP contribution is -2.00. The molecule has 20 heavy (non-hydrogen) atoms. The minimum Gasteiger partial charge on any atom is -0.330 e. The predicted octanol–water partition coefficient (Wildman–Crippen LogP) is 4.76. The lowest BCUT2D eigenvalue weighted by Gasteiger charge is -2.08. The van der Waals surface area contributed by atoms with Crippen molar-refractivity contribution in [2.45, 2.75) is 0 Å². The van der Waals surface area contributed by atoms with Gasteiger partial charge < -0.3 is 4.98 Å². The summed E-state index contributed by atoms with van der Waals surface area (Å²) in [6, 6.07) is 5.60. The van der Waals surface area contributed by atoms with Gasteiger partial charge in [-0.05, 0) is 36.5 Å². The minimum absolute atomic E-state index is 0.0732. The number of H-pyrrole nitrogens is 1. The van der Waals surface area contributed by atoms with Crippen LogP contribution in [0.1, 0.15) is 0 Å². The Morgan fingerprint density at radius 3 is 2.50 bits per heavy atom. The zero-order chi connectivity index (χ0) is 14.4. The van der Waals surface area contributed by atoms with Gasteiger partial charge in [0, 0.05) is 6.07 Å². The van der Waals surface area contributed by atoms with Gasteiger partial charge in [0.15, 0.2) is 10.6 Å². The maximum atomic E-state index is 14.0. The third-order valence-corrected chi connectivity index (χ3v) is 3.42. The van der Waals surface area contributed by atoms with Crippen molar-refractivity contribution in [3.05, 3.63) is 57.6 Å². The van der Waals surface area contributed by atoms with E-state index < -0.39 is 17.5 Å². The molecule has 0 aliphatic carbocycles. The van der Waals surface area contributed by atoms with Crippen molar-refractivity contribution in [1.82, 2.24) is 9.55 Å². The Morgan fingerprint density at radius 1 is 1.05 bits per heavy atom. The maximum Gasteiger partial charge on any atom is 0.182 e. The van der Waals surface area contributed by atoms with Crippen molar-refractivity contribution in [3.8, 4) is 5.69 Å². The molecule has 0 spiro atoms. The molecule has 1 N–H and O–H groups in total. The first kappa shape index (κ1) is 13.2. The number of aromatic nitrogens is 2. The highest BCUT2D eigenvalue weighted by atomic mass is 35.5. The fourth-order valence-corrected chi connectivity index (χ4v) is 2.63.